The lowest BCUT2D eigenvalue weighted by atomic mass is 9.81. The summed E-state index contributed by atoms with van der Waals surface area (Å²) in [5.41, 5.74) is -0.215. The van der Waals surface area contributed by atoms with Gasteiger partial charge < -0.3 is 15.3 Å². The second-order valence-corrected chi connectivity index (χ2v) is 8.10. The van der Waals surface area contributed by atoms with Gasteiger partial charge in [0.2, 0.25) is 0 Å². The van der Waals surface area contributed by atoms with Crippen molar-refractivity contribution in [2.75, 3.05) is 18.0 Å². The van der Waals surface area contributed by atoms with E-state index < -0.39 is 11.1 Å². The number of halogens is 1. The van der Waals surface area contributed by atoms with Gasteiger partial charge in [-0.3, -0.25) is 4.79 Å². The number of rotatable bonds is 6. The molecule has 0 aliphatic carbocycles. The predicted molar refractivity (Wildman–Crippen MR) is 110 cm³/mol. The molecule has 0 saturated carbocycles. The van der Waals surface area contributed by atoms with Gasteiger partial charge in [-0.05, 0) is 50.6 Å². The molecule has 1 atom stereocenters. The molecular weight excluding hydrogens is 374 g/mol. The molecule has 0 spiro atoms. The fraction of sp³-hybridized carbons (Fsp3) is 0.364. The van der Waals surface area contributed by atoms with Crippen molar-refractivity contribution < 1.29 is 9.90 Å². The van der Waals surface area contributed by atoms with Gasteiger partial charge in [0.25, 0.3) is 0 Å². The van der Waals surface area contributed by atoms with E-state index in [4.69, 9.17) is 11.6 Å². The lowest BCUT2D eigenvalue weighted by Gasteiger charge is -2.44. The smallest absolute Gasteiger partial charge is 0.190 e. The molecular formula is C22H24ClN3O2. The van der Waals surface area contributed by atoms with Gasteiger partial charge in [-0.15, -0.1) is 0 Å². The maximum absolute atomic E-state index is 13.4. The van der Waals surface area contributed by atoms with Crippen molar-refractivity contribution in [2.45, 2.75) is 38.0 Å². The first kappa shape index (κ1) is 20.3. The van der Waals surface area contributed by atoms with Crippen LogP contribution in [0.5, 0.6) is 0 Å². The Morgan fingerprint density at radius 2 is 2.04 bits per heavy atom. The van der Waals surface area contributed by atoms with Crippen LogP contribution in [0.1, 0.15) is 31.4 Å². The normalized spacial score (nSPS) is 19.2. The first-order valence-corrected chi connectivity index (χ1v) is 9.65. The number of ketones is 1. The van der Waals surface area contributed by atoms with Crippen LogP contribution in [0.4, 0.5) is 5.69 Å². The van der Waals surface area contributed by atoms with E-state index in [-0.39, 0.29) is 5.78 Å². The summed E-state index contributed by atoms with van der Waals surface area (Å²) in [5.74, 6) is -0.235. The number of Topliss-reactive ketones (excluding diaryl/α,β-unsaturated/α-hetero) is 1. The Morgan fingerprint density at radius 3 is 2.57 bits per heavy atom. The van der Waals surface area contributed by atoms with E-state index in [0.717, 1.165) is 11.3 Å². The highest BCUT2D eigenvalue weighted by Crippen LogP contribution is 2.36. The lowest BCUT2D eigenvalue weighted by molar-refractivity contribution is -0.139. The summed E-state index contributed by atoms with van der Waals surface area (Å²) in [6.07, 6.45) is 0.570. The monoisotopic (exact) mass is 397 g/mol. The van der Waals surface area contributed by atoms with Gasteiger partial charge in [0, 0.05) is 18.8 Å². The summed E-state index contributed by atoms with van der Waals surface area (Å²) in [5, 5.41) is 23.4. The molecule has 1 saturated heterocycles. The third-order valence-corrected chi connectivity index (χ3v) is 5.51. The van der Waals surface area contributed by atoms with E-state index in [1.54, 1.807) is 12.1 Å². The molecule has 6 heteroatoms. The van der Waals surface area contributed by atoms with Crippen LogP contribution in [-0.2, 0) is 11.3 Å². The van der Waals surface area contributed by atoms with Crippen LogP contribution in [0.15, 0.2) is 48.5 Å². The number of hydrogen-bond acceptors (Lipinski definition) is 5. The first-order chi connectivity index (χ1) is 13.3. The number of anilines is 1. The van der Waals surface area contributed by atoms with E-state index in [2.05, 4.69) is 11.4 Å². The minimum atomic E-state index is -1.47. The van der Waals surface area contributed by atoms with Crippen LogP contribution in [-0.4, -0.2) is 35.1 Å². The molecule has 2 aromatic carbocycles. The van der Waals surface area contributed by atoms with Crippen LogP contribution in [0.3, 0.4) is 0 Å². The van der Waals surface area contributed by atoms with Crippen molar-refractivity contribution in [3.63, 3.8) is 0 Å². The molecule has 0 bridgehead atoms. The van der Waals surface area contributed by atoms with E-state index in [1.807, 2.05) is 41.3 Å². The van der Waals surface area contributed by atoms with Gasteiger partial charge in [-0.25, -0.2) is 0 Å². The highest BCUT2D eigenvalue weighted by molar-refractivity contribution is 6.32. The third-order valence-electron chi connectivity index (χ3n) is 5.20. The minimum absolute atomic E-state index is 0.235. The highest BCUT2D eigenvalue weighted by Gasteiger charge is 2.51. The number of carbonyl (C=O) groups excluding carboxylic acids is 1. The van der Waals surface area contributed by atoms with E-state index >= 15 is 0 Å². The predicted octanol–water partition coefficient (Wildman–Crippen LogP) is 3.29. The Bertz CT molecular complexity index is 894. The van der Waals surface area contributed by atoms with Crippen molar-refractivity contribution in [1.82, 2.24) is 5.32 Å². The molecule has 2 aromatic rings. The zero-order valence-corrected chi connectivity index (χ0v) is 16.8. The fourth-order valence-electron chi connectivity index (χ4n) is 3.81. The largest absolute Gasteiger partial charge is 0.383 e. The van der Waals surface area contributed by atoms with Crippen LogP contribution in [0.25, 0.3) is 0 Å². The summed E-state index contributed by atoms with van der Waals surface area (Å²) in [6, 6.07) is 17.1. The Hall–Kier alpha value is -2.39. The molecule has 1 heterocycles. The van der Waals surface area contributed by atoms with E-state index in [0.29, 0.717) is 36.6 Å². The average molecular weight is 398 g/mol. The quantitative estimate of drug-likeness (QED) is 0.782. The van der Waals surface area contributed by atoms with E-state index in [9.17, 15) is 15.2 Å². The number of nitriles is 1. The lowest BCUT2D eigenvalue weighted by Crippen LogP contribution is -2.61. The molecule has 1 aliphatic rings. The maximum atomic E-state index is 13.4. The van der Waals surface area contributed by atoms with Crippen LogP contribution < -0.4 is 10.2 Å². The number of aliphatic hydroxyl groups is 1. The fourth-order valence-corrected chi connectivity index (χ4v) is 4.03. The Labute approximate surface area is 170 Å². The van der Waals surface area contributed by atoms with Gasteiger partial charge in [0.1, 0.15) is 17.2 Å². The molecule has 0 radical (unpaired) electrons. The standard InChI is InChI=1S/C22H24ClN3O2/c1-21(2,28)20(27)22(10-11-25-15-22)26(14-16-6-4-3-5-7-16)18-9-8-17(13-24)19(23)12-18/h3-9,12,25,28H,10-11,14-15H2,1-2H3/t22-/m0/s1. The van der Waals surface area contributed by atoms with Gasteiger partial charge in [0.05, 0.1) is 10.6 Å². The van der Waals surface area contributed by atoms with Gasteiger partial charge in [-0.2, -0.15) is 5.26 Å². The van der Waals surface area contributed by atoms with Gasteiger partial charge in [-0.1, -0.05) is 41.9 Å². The van der Waals surface area contributed by atoms with Crippen LogP contribution >= 0.6 is 11.6 Å². The topological polar surface area (TPSA) is 76.4 Å². The molecule has 0 unspecified atom stereocenters. The van der Waals surface area contributed by atoms with Crippen molar-refractivity contribution in [1.29, 1.82) is 5.26 Å². The summed E-state index contributed by atoms with van der Waals surface area (Å²) in [7, 11) is 0. The third kappa shape index (κ3) is 3.90. The highest BCUT2D eigenvalue weighted by atomic mass is 35.5. The number of nitrogens with one attached hydrogen (secondary N) is 1. The second kappa shape index (κ2) is 7.92. The average Bonchev–Trinajstić information content (AvgIpc) is 3.16. The molecule has 0 aromatic heterocycles. The van der Waals surface area contributed by atoms with Crippen molar-refractivity contribution in [3.05, 3.63) is 64.7 Å². The summed E-state index contributed by atoms with van der Waals surface area (Å²) >= 11 is 6.30. The van der Waals surface area contributed by atoms with Crippen LogP contribution in [0, 0.1) is 11.3 Å². The van der Waals surface area contributed by atoms with Crippen LogP contribution in [0.2, 0.25) is 5.02 Å². The Kier molecular flexibility index (Phi) is 5.76. The van der Waals surface area contributed by atoms with E-state index in [1.165, 1.54) is 13.8 Å². The number of hydrogen-bond donors (Lipinski definition) is 2. The molecule has 5 nitrogen and oxygen atoms in total. The summed E-state index contributed by atoms with van der Waals surface area (Å²) < 4.78 is 0. The molecule has 2 N–H and O–H groups in total. The second-order valence-electron chi connectivity index (χ2n) is 7.69. The first-order valence-electron chi connectivity index (χ1n) is 9.27. The number of carbonyl (C=O) groups is 1. The number of nitrogens with zero attached hydrogens (tertiary/aromatic N) is 2. The summed E-state index contributed by atoms with van der Waals surface area (Å²) in [6.45, 7) is 4.65. The molecule has 28 heavy (non-hydrogen) atoms. The van der Waals surface area contributed by atoms with Crippen molar-refractivity contribution in [3.8, 4) is 6.07 Å². The minimum Gasteiger partial charge on any atom is -0.383 e. The molecule has 1 aliphatic heterocycles. The zero-order chi connectivity index (χ0) is 20.4. The number of benzene rings is 2. The molecule has 0 amide bonds. The zero-order valence-electron chi connectivity index (χ0n) is 16.1. The Balaban J connectivity index is 2.13. The summed E-state index contributed by atoms with van der Waals surface area (Å²) in [4.78, 5) is 15.4. The molecule has 3 rings (SSSR count). The maximum Gasteiger partial charge on any atom is 0.190 e. The van der Waals surface area contributed by atoms with Gasteiger partial charge in [0.15, 0.2) is 5.78 Å². The van der Waals surface area contributed by atoms with Crippen molar-refractivity contribution >= 4 is 23.1 Å². The SMILES string of the molecule is CC(C)(O)C(=O)[C@]1(N(Cc2ccccc2)c2ccc(C#N)c(Cl)c2)CCNC1. The van der Waals surface area contributed by atoms with Crippen molar-refractivity contribution in [2.24, 2.45) is 0 Å². The van der Waals surface area contributed by atoms with Gasteiger partial charge >= 0.3 is 0 Å². The Morgan fingerprint density at radius 1 is 1.32 bits per heavy atom. The molecule has 146 valence electrons. The molecule has 1 fully saturated rings.